The van der Waals surface area contributed by atoms with Gasteiger partial charge < -0.3 is 29.2 Å². The molecule has 0 radical (unpaired) electrons. The lowest BCUT2D eigenvalue weighted by molar-refractivity contribution is -0.307. The van der Waals surface area contributed by atoms with E-state index in [-0.39, 0.29) is 12.0 Å². The van der Waals surface area contributed by atoms with Crippen LogP contribution in [0, 0.1) is 11.8 Å². The normalized spacial score (nSPS) is 29.5. The lowest BCUT2D eigenvalue weighted by Gasteiger charge is -2.44. The first-order chi connectivity index (χ1) is 19.9. The smallest absolute Gasteiger partial charge is 0.330 e. The van der Waals surface area contributed by atoms with Crippen LogP contribution < -0.4 is 0 Å². The summed E-state index contributed by atoms with van der Waals surface area (Å²) in [6, 6.07) is 0. The van der Waals surface area contributed by atoms with E-state index in [0.717, 1.165) is 37.7 Å². The first-order valence-corrected chi connectivity index (χ1v) is 15.2. The number of ether oxygens (including phenoxy) is 4. The van der Waals surface area contributed by atoms with Crippen molar-refractivity contribution in [3.63, 3.8) is 0 Å². The first kappa shape index (κ1) is 35.7. The molecule has 0 aromatic rings. The number of rotatable bonds is 14. The third kappa shape index (κ3) is 10.6. The summed E-state index contributed by atoms with van der Waals surface area (Å²) in [7, 11) is 2.66. The highest BCUT2D eigenvalue weighted by Crippen LogP contribution is 2.50. The fourth-order valence-corrected chi connectivity index (χ4v) is 5.43. The molecule has 8 heteroatoms. The minimum absolute atomic E-state index is 0.0335. The number of hydrogen-bond donors (Lipinski definition) is 2. The average Bonchev–Trinajstić information content (AvgIpc) is 3.35. The molecule has 2 N–H and O–H groups in total. The number of hydrogen-bond acceptors (Lipinski definition) is 8. The molecule has 7 atom stereocenters. The summed E-state index contributed by atoms with van der Waals surface area (Å²) in [5, 5.41) is 21.7. The largest absolute Gasteiger partial charge is 0.466 e. The molecule has 0 saturated carbocycles. The van der Waals surface area contributed by atoms with Gasteiger partial charge in [-0.15, -0.1) is 0 Å². The Labute approximate surface area is 252 Å². The fourth-order valence-electron chi connectivity index (χ4n) is 5.43. The Hall–Kier alpha value is -2.52. The zero-order chi connectivity index (χ0) is 31.3. The van der Waals surface area contributed by atoms with Gasteiger partial charge in [0, 0.05) is 30.9 Å². The number of carbonyl (C=O) groups is 2. The molecule has 2 aliphatic rings. The molecule has 0 aromatic heterocycles. The average molecular weight is 589 g/mol. The molecular weight excluding hydrogens is 536 g/mol. The Morgan fingerprint density at radius 2 is 1.67 bits per heavy atom. The molecule has 0 bridgehead atoms. The molecule has 2 aliphatic heterocycles. The van der Waals surface area contributed by atoms with Crippen LogP contribution in [-0.4, -0.2) is 66.1 Å². The van der Waals surface area contributed by atoms with Crippen molar-refractivity contribution in [1.82, 2.24) is 0 Å². The molecule has 0 amide bonds. The Morgan fingerprint density at radius 1 is 0.976 bits per heavy atom. The minimum Gasteiger partial charge on any atom is -0.466 e. The van der Waals surface area contributed by atoms with Gasteiger partial charge in [-0.3, -0.25) is 0 Å². The van der Waals surface area contributed by atoms with Crippen LogP contribution in [0.5, 0.6) is 0 Å². The van der Waals surface area contributed by atoms with Gasteiger partial charge in [0.05, 0.1) is 26.4 Å². The van der Waals surface area contributed by atoms with E-state index < -0.39 is 35.5 Å². The fraction of sp³-hybridized carbons (Fsp3) is 0.647. The number of esters is 2. The van der Waals surface area contributed by atoms with Crippen molar-refractivity contribution >= 4 is 11.9 Å². The van der Waals surface area contributed by atoms with Crippen LogP contribution in [0.3, 0.4) is 0 Å². The van der Waals surface area contributed by atoms with E-state index in [1.807, 2.05) is 19.9 Å². The van der Waals surface area contributed by atoms with Crippen LogP contribution >= 0.6 is 0 Å². The maximum Gasteiger partial charge on any atom is 0.330 e. The zero-order valence-electron chi connectivity index (χ0n) is 26.5. The van der Waals surface area contributed by atoms with E-state index in [0.29, 0.717) is 30.8 Å². The number of unbranched alkanes of at least 4 members (excludes halogenated alkanes) is 1. The standard InChI is InChI=1S/C34H52O8/c1-8-9-19-33(30(36)16-12-25(3)23-32(38)40-7)21-22-34(42-33)20-18-27(5)29(41-34)15-11-24(2)10-14-28(35)26(4)13-17-31(37)39-6/h10-14,16-17,23,26-30,35-36H,8-9,15,18-22H2,1-7H3/b14-10+,16-12+,17-13+,24-11+,25-23+. The monoisotopic (exact) mass is 588 g/mol. The molecular formula is C34H52O8. The number of carbonyl (C=O) groups excluding carboxylic acids is 2. The number of methoxy groups -OCH3 is 2. The van der Waals surface area contributed by atoms with E-state index in [1.165, 1.54) is 26.4 Å². The lowest BCUT2D eigenvalue weighted by atomic mass is 9.85. The van der Waals surface area contributed by atoms with Gasteiger partial charge in [-0.1, -0.05) is 75.6 Å². The summed E-state index contributed by atoms with van der Waals surface area (Å²) in [6.07, 6.45) is 18.4. The molecule has 2 heterocycles. The van der Waals surface area contributed by atoms with Gasteiger partial charge in [-0.2, -0.15) is 0 Å². The Morgan fingerprint density at radius 3 is 2.33 bits per heavy atom. The summed E-state index contributed by atoms with van der Waals surface area (Å²) in [6.45, 7) is 9.94. The van der Waals surface area contributed by atoms with Crippen LogP contribution in [0.2, 0.25) is 0 Å². The van der Waals surface area contributed by atoms with Crippen molar-refractivity contribution < 1.29 is 38.7 Å². The molecule has 2 rings (SSSR count). The van der Waals surface area contributed by atoms with E-state index in [1.54, 1.807) is 31.2 Å². The second-order valence-corrected chi connectivity index (χ2v) is 11.8. The predicted octanol–water partition coefficient (Wildman–Crippen LogP) is 5.89. The van der Waals surface area contributed by atoms with E-state index in [4.69, 9.17) is 14.2 Å². The predicted molar refractivity (Wildman–Crippen MR) is 163 cm³/mol. The summed E-state index contributed by atoms with van der Waals surface area (Å²) in [5.41, 5.74) is 0.958. The highest BCUT2D eigenvalue weighted by molar-refractivity contribution is 5.83. The van der Waals surface area contributed by atoms with Gasteiger partial charge in [0.15, 0.2) is 5.79 Å². The van der Waals surface area contributed by atoms with Crippen molar-refractivity contribution in [2.45, 2.75) is 116 Å². The van der Waals surface area contributed by atoms with Gasteiger partial charge in [0.25, 0.3) is 0 Å². The molecule has 42 heavy (non-hydrogen) atoms. The molecule has 0 aliphatic carbocycles. The number of aliphatic hydroxyl groups is 2. The summed E-state index contributed by atoms with van der Waals surface area (Å²) < 4.78 is 22.8. The second-order valence-electron chi connectivity index (χ2n) is 11.8. The molecule has 236 valence electrons. The van der Waals surface area contributed by atoms with Crippen molar-refractivity contribution in [2.75, 3.05) is 14.2 Å². The molecule has 8 nitrogen and oxygen atoms in total. The van der Waals surface area contributed by atoms with Crippen LogP contribution in [0.4, 0.5) is 0 Å². The second kappa shape index (κ2) is 16.9. The highest BCUT2D eigenvalue weighted by Gasteiger charge is 2.55. The van der Waals surface area contributed by atoms with Crippen LogP contribution in [0.25, 0.3) is 0 Å². The maximum absolute atomic E-state index is 11.6. The van der Waals surface area contributed by atoms with E-state index in [9.17, 15) is 19.8 Å². The van der Waals surface area contributed by atoms with Gasteiger partial charge in [0.2, 0.25) is 0 Å². The van der Waals surface area contributed by atoms with Crippen molar-refractivity contribution in [3.05, 3.63) is 59.8 Å². The summed E-state index contributed by atoms with van der Waals surface area (Å²) in [5.74, 6) is -1.50. The molecule has 0 aromatic carbocycles. The summed E-state index contributed by atoms with van der Waals surface area (Å²) >= 11 is 0. The van der Waals surface area contributed by atoms with Gasteiger partial charge in [-0.05, 0) is 51.0 Å². The third-order valence-electron chi connectivity index (χ3n) is 8.38. The quantitative estimate of drug-likeness (QED) is 0.147. The SMILES string of the molecule is CCCCC1(C(O)/C=C/C(C)=C/C(=O)OC)CCC2(CCC(C)C(C/C=C(C)/C=C/C(O)C(C)/C=C/C(=O)OC)O2)O1. The molecule has 2 fully saturated rings. The third-order valence-corrected chi connectivity index (χ3v) is 8.38. The first-order valence-electron chi connectivity index (χ1n) is 15.2. The minimum atomic E-state index is -0.839. The highest BCUT2D eigenvalue weighted by atomic mass is 16.7. The number of allylic oxidation sites excluding steroid dienone is 4. The van der Waals surface area contributed by atoms with Crippen LogP contribution in [0.1, 0.15) is 86.0 Å². The maximum atomic E-state index is 11.6. The molecule has 2 saturated heterocycles. The topological polar surface area (TPSA) is 112 Å². The Bertz CT molecular complexity index is 1040. The van der Waals surface area contributed by atoms with Gasteiger partial charge in [0.1, 0.15) is 11.7 Å². The summed E-state index contributed by atoms with van der Waals surface area (Å²) in [4.78, 5) is 22.9. The zero-order valence-corrected chi connectivity index (χ0v) is 26.5. The molecule has 7 unspecified atom stereocenters. The lowest BCUT2D eigenvalue weighted by Crippen LogP contribution is -2.49. The Kier molecular flexibility index (Phi) is 14.4. The van der Waals surface area contributed by atoms with Crippen molar-refractivity contribution in [3.8, 4) is 0 Å². The van der Waals surface area contributed by atoms with Gasteiger partial charge in [-0.25, -0.2) is 9.59 Å². The van der Waals surface area contributed by atoms with Crippen molar-refractivity contribution in [2.24, 2.45) is 11.8 Å². The van der Waals surface area contributed by atoms with E-state index in [2.05, 4.69) is 24.7 Å². The number of aliphatic hydroxyl groups excluding tert-OH is 2. The van der Waals surface area contributed by atoms with E-state index >= 15 is 0 Å². The van der Waals surface area contributed by atoms with Crippen molar-refractivity contribution in [1.29, 1.82) is 0 Å². The van der Waals surface area contributed by atoms with Crippen LogP contribution in [-0.2, 0) is 28.5 Å². The Balaban J connectivity index is 2.09. The molecule has 1 spiro atoms. The van der Waals surface area contributed by atoms with Gasteiger partial charge >= 0.3 is 11.9 Å². The van der Waals surface area contributed by atoms with Crippen LogP contribution in [0.15, 0.2) is 59.8 Å².